The first kappa shape index (κ1) is 26.7. The Kier molecular flexibility index (Phi) is 5.50. The Hall–Kier alpha value is -6.32. The lowest BCUT2D eigenvalue weighted by molar-refractivity contribution is 0.276. The monoisotopic (exact) mass is 626 g/mol. The molecule has 7 aromatic carbocycles. The van der Waals surface area contributed by atoms with Gasteiger partial charge in [0, 0.05) is 44.1 Å². The Morgan fingerprint density at radius 1 is 0.429 bits per heavy atom. The third-order valence-electron chi connectivity index (χ3n) is 10.7. The molecule has 11 rings (SSSR count). The van der Waals surface area contributed by atoms with Crippen molar-refractivity contribution in [1.82, 2.24) is 9.13 Å². The number of benzene rings is 7. The van der Waals surface area contributed by atoms with E-state index in [1.807, 2.05) is 0 Å². The second-order valence-corrected chi connectivity index (χ2v) is 13.3. The number of hydrogen-bond donors (Lipinski definition) is 0. The summed E-state index contributed by atoms with van der Waals surface area (Å²) in [7, 11) is 0. The van der Waals surface area contributed by atoms with Crippen LogP contribution in [0.3, 0.4) is 0 Å². The molecule has 49 heavy (non-hydrogen) atoms. The molecule has 0 N–H and O–H groups in total. The van der Waals surface area contributed by atoms with Crippen molar-refractivity contribution in [2.24, 2.45) is 0 Å². The summed E-state index contributed by atoms with van der Waals surface area (Å²) in [6.07, 6.45) is 2.28. The molecule has 2 atom stereocenters. The minimum absolute atomic E-state index is 0.0541. The first-order chi connectivity index (χ1) is 24.3. The predicted molar refractivity (Wildman–Crippen MR) is 202 cm³/mol. The van der Waals surface area contributed by atoms with Gasteiger partial charge in [0.1, 0.15) is 11.9 Å². The summed E-state index contributed by atoms with van der Waals surface area (Å²) < 4.78 is 11.5. The lowest BCUT2D eigenvalue weighted by Gasteiger charge is -2.29. The van der Waals surface area contributed by atoms with Crippen molar-refractivity contribution in [3.8, 4) is 17.1 Å². The van der Waals surface area contributed by atoms with E-state index >= 15 is 0 Å². The molecule has 3 heterocycles. The van der Waals surface area contributed by atoms with Gasteiger partial charge in [0.25, 0.3) is 0 Å². The van der Waals surface area contributed by atoms with Crippen LogP contribution in [0, 0.1) is 0 Å². The Morgan fingerprint density at radius 2 is 0.980 bits per heavy atom. The minimum Gasteiger partial charge on any atom is -0.484 e. The Labute approximate surface area is 283 Å². The zero-order valence-corrected chi connectivity index (χ0v) is 26.6. The molecular formula is C46H30N2O. The van der Waals surface area contributed by atoms with Gasteiger partial charge in [0.05, 0.1) is 28.0 Å². The van der Waals surface area contributed by atoms with Crippen LogP contribution >= 0.6 is 0 Å². The number of para-hydroxylation sites is 4. The van der Waals surface area contributed by atoms with Crippen molar-refractivity contribution in [3.05, 3.63) is 186 Å². The topological polar surface area (TPSA) is 19.1 Å². The largest absolute Gasteiger partial charge is 0.484 e. The maximum Gasteiger partial charge on any atom is 0.135 e. The average molecular weight is 627 g/mol. The maximum atomic E-state index is 6.69. The molecule has 1 aliphatic carbocycles. The summed E-state index contributed by atoms with van der Waals surface area (Å²) in [6, 6.07) is 59.4. The normalized spacial score (nSPS) is 16.4. The van der Waals surface area contributed by atoms with E-state index in [4.69, 9.17) is 4.74 Å². The summed E-state index contributed by atoms with van der Waals surface area (Å²) in [5.41, 5.74) is 13.4. The lowest BCUT2D eigenvalue weighted by Crippen LogP contribution is -2.25. The molecule has 0 bridgehead atoms. The van der Waals surface area contributed by atoms with Gasteiger partial charge in [-0.15, -0.1) is 0 Å². The van der Waals surface area contributed by atoms with E-state index in [0.29, 0.717) is 0 Å². The highest BCUT2D eigenvalue weighted by Crippen LogP contribution is 2.51. The van der Waals surface area contributed by atoms with Gasteiger partial charge in [0.15, 0.2) is 0 Å². The predicted octanol–water partition coefficient (Wildman–Crippen LogP) is 11.3. The Bertz CT molecular complexity index is 2800. The summed E-state index contributed by atoms with van der Waals surface area (Å²) in [5.74, 6) is 1.17. The van der Waals surface area contributed by atoms with Crippen LogP contribution in [0.5, 0.6) is 5.75 Å². The first-order valence-electron chi connectivity index (χ1n) is 17.0. The molecule has 2 unspecified atom stereocenters. The van der Waals surface area contributed by atoms with Crippen LogP contribution in [0.2, 0.25) is 0 Å². The molecule has 0 saturated carbocycles. The highest BCUT2D eigenvalue weighted by Gasteiger charge is 2.41. The molecule has 0 amide bonds. The van der Waals surface area contributed by atoms with Crippen molar-refractivity contribution in [1.29, 1.82) is 0 Å². The third-order valence-corrected chi connectivity index (χ3v) is 10.7. The van der Waals surface area contributed by atoms with Crippen LogP contribution in [-0.2, 0) is 0 Å². The molecule has 230 valence electrons. The summed E-state index contributed by atoms with van der Waals surface area (Å²) in [4.78, 5) is 0. The molecule has 3 nitrogen and oxygen atoms in total. The number of ether oxygens (including phenoxy) is 1. The van der Waals surface area contributed by atoms with Crippen molar-refractivity contribution in [3.63, 3.8) is 0 Å². The maximum absolute atomic E-state index is 6.69. The highest BCUT2D eigenvalue weighted by molar-refractivity contribution is 6.19. The number of nitrogens with zero attached hydrogens (tertiary/aromatic N) is 2. The first-order valence-corrected chi connectivity index (χ1v) is 17.0. The molecule has 3 heteroatoms. The van der Waals surface area contributed by atoms with E-state index in [-0.39, 0.29) is 12.0 Å². The molecule has 2 aliphatic rings. The summed E-state index contributed by atoms with van der Waals surface area (Å²) in [5, 5.41) is 5.01. The van der Waals surface area contributed by atoms with Crippen LogP contribution in [0.15, 0.2) is 164 Å². The second kappa shape index (κ2) is 10.1. The molecule has 0 spiro atoms. The van der Waals surface area contributed by atoms with E-state index in [9.17, 15) is 0 Å². The van der Waals surface area contributed by atoms with Gasteiger partial charge in [-0.05, 0) is 77.4 Å². The molecule has 0 saturated heterocycles. The smallest absolute Gasteiger partial charge is 0.135 e. The Morgan fingerprint density at radius 3 is 1.67 bits per heavy atom. The molecule has 9 aromatic rings. The molecule has 0 fully saturated rings. The quantitative estimate of drug-likeness (QED) is 0.191. The van der Waals surface area contributed by atoms with Crippen molar-refractivity contribution < 1.29 is 4.74 Å². The standard InChI is InChI=1S/C46H30N2O/c1-2-13-31(14-3-1)47-40-19-9-6-16-34(40)38-28-43-39(27-42(38)47)35-17-7-10-20-41(35)48(43)32-24-22-29(23-25-32)37-26-30-12-4-5-15-33(30)45-36-18-8-11-21-44(36)49-46(37)45/h1-28,45-46H. The molecule has 1 aliphatic heterocycles. The van der Waals surface area contributed by atoms with Crippen LogP contribution in [-0.4, -0.2) is 15.2 Å². The zero-order valence-electron chi connectivity index (χ0n) is 26.6. The van der Waals surface area contributed by atoms with Gasteiger partial charge in [-0.2, -0.15) is 0 Å². The Balaban J connectivity index is 1.10. The van der Waals surface area contributed by atoms with Gasteiger partial charge in [-0.3, -0.25) is 0 Å². The van der Waals surface area contributed by atoms with E-state index in [2.05, 4.69) is 179 Å². The van der Waals surface area contributed by atoms with Crippen molar-refractivity contribution >= 4 is 55.3 Å². The average Bonchev–Trinajstić information content (AvgIpc) is 3.82. The number of rotatable bonds is 3. The van der Waals surface area contributed by atoms with Crippen molar-refractivity contribution in [2.45, 2.75) is 12.0 Å². The summed E-state index contributed by atoms with van der Waals surface area (Å²) >= 11 is 0. The number of fused-ring (bicyclic) bond motifs is 11. The fourth-order valence-corrected chi connectivity index (χ4v) is 8.58. The van der Waals surface area contributed by atoms with Gasteiger partial charge >= 0.3 is 0 Å². The van der Waals surface area contributed by atoms with Gasteiger partial charge in [-0.1, -0.05) is 109 Å². The minimum atomic E-state index is -0.0541. The number of hydrogen-bond acceptors (Lipinski definition) is 1. The van der Waals surface area contributed by atoms with Gasteiger partial charge in [-0.25, -0.2) is 0 Å². The third kappa shape index (κ3) is 3.78. The van der Waals surface area contributed by atoms with E-state index < -0.39 is 0 Å². The highest BCUT2D eigenvalue weighted by atomic mass is 16.5. The number of aromatic nitrogens is 2. The molecule has 0 radical (unpaired) electrons. The van der Waals surface area contributed by atoms with Gasteiger partial charge < -0.3 is 13.9 Å². The van der Waals surface area contributed by atoms with E-state index in [1.54, 1.807) is 0 Å². The van der Waals surface area contributed by atoms with E-state index in [0.717, 1.165) is 11.4 Å². The van der Waals surface area contributed by atoms with Crippen LogP contribution in [0.4, 0.5) is 0 Å². The lowest BCUT2D eigenvalue weighted by atomic mass is 9.76. The fourth-order valence-electron chi connectivity index (χ4n) is 8.58. The van der Waals surface area contributed by atoms with Crippen LogP contribution in [0.1, 0.15) is 28.2 Å². The second-order valence-electron chi connectivity index (χ2n) is 13.3. The SMILES string of the molecule is C1=C(c2ccc(-n3c4ccccc4c4cc5c(cc43)c3ccccc3n5-c3ccccc3)cc2)C2Oc3ccccc3C2c2ccccc21. The van der Waals surface area contributed by atoms with Crippen molar-refractivity contribution in [2.75, 3.05) is 0 Å². The molecule has 2 aromatic heterocycles. The summed E-state index contributed by atoms with van der Waals surface area (Å²) in [6.45, 7) is 0. The van der Waals surface area contributed by atoms with Crippen LogP contribution < -0.4 is 4.74 Å². The van der Waals surface area contributed by atoms with E-state index in [1.165, 1.54) is 77.1 Å². The van der Waals surface area contributed by atoms with Gasteiger partial charge in [0.2, 0.25) is 0 Å². The molecular weight excluding hydrogens is 597 g/mol. The zero-order chi connectivity index (χ0) is 32.1. The fraction of sp³-hybridized carbons (Fsp3) is 0.0435. The van der Waals surface area contributed by atoms with Crippen LogP contribution in [0.25, 0.3) is 66.6 Å².